The lowest BCUT2D eigenvalue weighted by atomic mass is 10.0. The summed E-state index contributed by atoms with van der Waals surface area (Å²) >= 11 is 0. The molecule has 2 unspecified atom stereocenters. The number of halogens is 2. The second kappa shape index (κ2) is 5.59. The lowest BCUT2D eigenvalue weighted by molar-refractivity contribution is -0.141. The Hall–Kier alpha value is -1.70. The zero-order valence-corrected chi connectivity index (χ0v) is 12.1. The smallest absolute Gasteiger partial charge is 0.341 e. The van der Waals surface area contributed by atoms with E-state index in [1.54, 1.807) is 17.9 Å². The van der Waals surface area contributed by atoms with Crippen LogP contribution in [0.15, 0.2) is 29.2 Å². The number of rotatable bonds is 4. The van der Waals surface area contributed by atoms with Crippen LogP contribution in [-0.2, 0) is 14.6 Å². The lowest BCUT2D eigenvalue weighted by Crippen LogP contribution is -2.34. The van der Waals surface area contributed by atoms with Crippen molar-refractivity contribution in [1.29, 1.82) is 0 Å². The molecule has 0 radical (unpaired) electrons. The summed E-state index contributed by atoms with van der Waals surface area (Å²) < 4.78 is 49.0. The number of nitrogens with zero attached hydrogens (tertiary/aromatic N) is 1. The maximum atomic E-state index is 12.8. The summed E-state index contributed by atoms with van der Waals surface area (Å²) in [4.78, 5) is 12.2. The van der Waals surface area contributed by atoms with Gasteiger partial charge in [0, 0.05) is 12.6 Å². The number of para-hydroxylation sites is 1. The van der Waals surface area contributed by atoms with Crippen LogP contribution in [0.2, 0.25) is 0 Å². The van der Waals surface area contributed by atoms with Crippen molar-refractivity contribution in [3.63, 3.8) is 0 Å². The maximum Gasteiger partial charge on any atom is 0.341 e. The second-order valence-electron chi connectivity index (χ2n) is 4.94. The van der Waals surface area contributed by atoms with E-state index in [1.165, 1.54) is 12.1 Å². The van der Waals surface area contributed by atoms with Gasteiger partial charge in [0.15, 0.2) is 0 Å². The van der Waals surface area contributed by atoms with E-state index in [2.05, 4.69) is 0 Å². The van der Waals surface area contributed by atoms with E-state index in [1.807, 2.05) is 0 Å². The van der Waals surface area contributed by atoms with E-state index < -0.39 is 38.4 Å². The number of carboxylic acids is 1. The van der Waals surface area contributed by atoms with E-state index in [0.29, 0.717) is 13.0 Å². The molecule has 0 aliphatic carbocycles. The predicted octanol–water partition coefficient (Wildman–Crippen LogP) is 1.98. The number of carboxylic acid groups (broad SMARTS) is 1. The van der Waals surface area contributed by atoms with Gasteiger partial charge >= 0.3 is 11.7 Å². The van der Waals surface area contributed by atoms with Crippen LogP contribution in [0.1, 0.15) is 13.3 Å². The van der Waals surface area contributed by atoms with E-state index in [0.717, 1.165) is 6.07 Å². The number of hydrogen-bond donors (Lipinski definition) is 1. The van der Waals surface area contributed by atoms with E-state index in [9.17, 15) is 22.0 Å². The van der Waals surface area contributed by atoms with Crippen molar-refractivity contribution in [1.82, 2.24) is 0 Å². The van der Waals surface area contributed by atoms with Crippen molar-refractivity contribution in [3.05, 3.63) is 24.3 Å². The minimum Gasteiger partial charge on any atom is -0.481 e. The van der Waals surface area contributed by atoms with Gasteiger partial charge in [0.05, 0.1) is 16.5 Å². The largest absolute Gasteiger partial charge is 0.481 e. The highest BCUT2D eigenvalue weighted by atomic mass is 32.2. The molecule has 1 N–H and O–H groups in total. The summed E-state index contributed by atoms with van der Waals surface area (Å²) in [7, 11) is -4.73. The molecule has 1 aliphatic heterocycles. The molecular weight excluding hydrogens is 304 g/mol. The van der Waals surface area contributed by atoms with Crippen molar-refractivity contribution >= 4 is 21.5 Å². The molecule has 1 aromatic rings. The first-order valence-corrected chi connectivity index (χ1v) is 7.92. The Labute approximate surface area is 121 Å². The minimum absolute atomic E-state index is 0.133. The quantitative estimate of drug-likeness (QED) is 0.918. The second-order valence-corrected chi connectivity index (χ2v) is 6.83. The van der Waals surface area contributed by atoms with E-state index >= 15 is 0 Å². The monoisotopic (exact) mass is 319 g/mol. The minimum atomic E-state index is -4.73. The summed E-state index contributed by atoms with van der Waals surface area (Å²) in [6.07, 6.45) is 0.347. The number of alkyl halides is 2. The third-order valence-corrected chi connectivity index (χ3v) is 5.22. The lowest BCUT2D eigenvalue weighted by Gasteiger charge is -2.27. The highest BCUT2D eigenvalue weighted by molar-refractivity contribution is 7.91. The van der Waals surface area contributed by atoms with Crippen molar-refractivity contribution in [2.24, 2.45) is 5.92 Å². The number of benzene rings is 1. The molecule has 116 valence electrons. The first-order valence-electron chi connectivity index (χ1n) is 6.37. The van der Waals surface area contributed by atoms with Crippen molar-refractivity contribution < 1.29 is 27.1 Å². The van der Waals surface area contributed by atoms with Gasteiger partial charge in [-0.2, -0.15) is 8.78 Å². The van der Waals surface area contributed by atoms with Gasteiger partial charge in [0.25, 0.3) is 0 Å². The number of sulfone groups is 1. The van der Waals surface area contributed by atoms with Gasteiger partial charge in [-0.3, -0.25) is 4.79 Å². The fourth-order valence-electron chi connectivity index (χ4n) is 2.64. The first kappa shape index (κ1) is 15.7. The van der Waals surface area contributed by atoms with Gasteiger partial charge in [-0.05, 0) is 25.5 Å². The summed E-state index contributed by atoms with van der Waals surface area (Å²) in [5.41, 5.74) is 0.133. The topological polar surface area (TPSA) is 74.7 Å². The standard InChI is InChI=1S/C13H15F2NO4S/c1-8-9(12(17)18)6-7-16(8)10-4-2-3-5-11(10)21(19,20)13(14)15/h2-5,8-9,13H,6-7H2,1H3,(H,17,18). The Morgan fingerprint density at radius 3 is 2.52 bits per heavy atom. The molecule has 0 bridgehead atoms. The van der Waals surface area contributed by atoms with Crippen LogP contribution >= 0.6 is 0 Å². The molecule has 2 atom stereocenters. The van der Waals surface area contributed by atoms with Crippen LogP contribution in [0, 0.1) is 5.92 Å². The van der Waals surface area contributed by atoms with Gasteiger partial charge in [0.1, 0.15) is 0 Å². The molecule has 1 aliphatic rings. The van der Waals surface area contributed by atoms with Crippen LogP contribution in [0.25, 0.3) is 0 Å². The average Bonchev–Trinajstić information content (AvgIpc) is 2.80. The third kappa shape index (κ3) is 2.72. The number of hydrogen-bond acceptors (Lipinski definition) is 4. The fourth-order valence-corrected chi connectivity index (χ4v) is 3.58. The van der Waals surface area contributed by atoms with Gasteiger partial charge < -0.3 is 10.0 Å². The Kier molecular flexibility index (Phi) is 4.18. The Morgan fingerprint density at radius 2 is 2.00 bits per heavy atom. The van der Waals surface area contributed by atoms with Crippen LogP contribution in [0.3, 0.4) is 0 Å². The summed E-state index contributed by atoms with van der Waals surface area (Å²) in [5.74, 6) is -5.13. The highest BCUT2D eigenvalue weighted by Gasteiger charge is 2.38. The summed E-state index contributed by atoms with van der Waals surface area (Å²) in [6, 6.07) is 5.00. The van der Waals surface area contributed by atoms with Crippen LogP contribution < -0.4 is 4.90 Å². The molecule has 1 saturated heterocycles. The van der Waals surface area contributed by atoms with Crippen LogP contribution in [0.4, 0.5) is 14.5 Å². The molecular formula is C13H15F2NO4S. The Balaban J connectivity index is 2.45. The third-order valence-electron chi connectivity index (χ3n) is 3.79. The molecule has 8 heteroatoms. The van der Waals surface area contributed by atoms with Crippen LogP contribution in [-0.4, -0.2) is 37.8 Å². The molecule has 0 saturated carbocycles. The molecule has 2 rings (SSSR count). The zero-order valence-electron chi connectivity index (χ0n) is 11.2. The normalized spacial score (nSPS) is 22.8. The Morgan fingerprint density at radius 1 is 1.38 bits per heavy atom. The SMILES string of the molecule is CC1C(C(=O)O)CCN1c1ccccc1S(=O)(=O)C(F)F. The van der Waals surface area contributed by atoms with E-state index in [-0.39, 0.29) is 5.69 Å². The van der Waals surface area contributed by atoms with Gasteiger partial charge in [-0.25, -0.2) is 8.42 Å². The molecule has 5 nitrogen and oxygen atoms in total. The van der Waals surface area contributed by atoms with Gasteiger partial charge in [0.2, 0.25) is 9.84 Å². The average molecular weight is 319 g/mol. The zero-order chi connectivity index (χ0) is 15.8. The number of aliphatic carboxylic acids is 1. The molecule has 1 aromatic carbocycles. The van der Waals surface area contributed by atoms with E-state index in [4.69, 9.17) is 5.11 Å². The number of carbonyl (C=O) groups is 1. The molecule has 0 spiro atoms. The summed E-state index contributed by atoms with van der Waals surface area (Å²) in [6.45, 7) is 1.96. The van der Waals surface area contributed by atoms with Crippen LogP contribution in [0.5, 0.6) is 0 Å². The molecule has 1 heterocycles. The fraction of sp³-hybridized carbons (Fsp3) is 0.462. The Bertz CT molecular complexity index is 647. The van der Waals surface area contributed by atoms with Crippen molar-refractivity contribution in [3.8, 4) is 0 Å². The van der Waals surface area contributed by atoms with Crippen molar-refractivity contribution in [2.75, 3.05) is 11.4 Å². The maximum absolute atomic E-state index is 12.8. The predicted molar refractivity (Wildman–Crippen MR) is 72.2 cm³/mol. The molecule has 0 amide bonds. The first-order chi connectivity index (χ1) is 9.76. The number of anilines is 1. The highest BCUT2D eigenvalue weighted by Crippen LogP contribution is 2.35. The summed E-state index contributed by atoms with van der Waals surface area (Å²) in [5, 5.41) is 9.10. The van der Waals surface area contributed by atoms with Crippen molar-refractivity contribution in [2.45, 2.75) is 30.0 Å². The molecule has 1 fully saturated rings. The molecule has 0 aromatic heterocycles. The van der Waals surface area contributed by atoms with Gasteiger partial charge in [-0.1, -0.05) is 12.1 Å². The van der Waals surface area contributed by atoms with Gasteiger partial charge in [-0.15, -0.1) is 0 Å². The molecule has 21 heavy (non-hydrogen) atoms.